The van der Waals surface area contributed by atoms with E-state index in [1.807, 2.05) is 6.92 Å². The van der Waals surface area contributed by atoms with Gasteiger partial charge in [-0.2, -0.15) is 13.8 Å². The van der Waals surface area contributed by atoms with Gasteiger partial charge in [-0.3, -0.25) is 9.78 Å². The standard InChI is InChI=1S/C25H24F2N6O3/c1-4-8-25(26,27)17-12-14(16-7-11-28-19-18(16)29-23(35)30-19)5-6-15(17)13-33(3)21(34)20-31-22(32-36-20)24(2)9-10-24/h4-8,11-12H,9-10,13H2,1-3H3,(H2,28,29,30,35)/b8-4+. The molecule has 36 heavy (non-hydrogen) atoms. The number of carbonyl (C=O) groups is 1. The van der Waals surface area contributed by atoms with Gasteiger partial charge in [0.05, 0.1) is 5.52 Å². The van der Waals surface area contributed by atoms with E-state index in [4.69, 9.17) is 4.52 Å². The molecule has 0 spiro atoms. The summed E-state index contributed by atoms with van der Waals surface area (Å²) in [5, 5.41) is 3.92. The molecule has 1 aliphatic carbocycles. The lowest BCUT2D eigenvalue weighted by atomic mass is 9.94. The summed E-state index contributed by atoms with van der Waals surface area (Å²) in [7, 11) is 1.49. The van der Waals surface area contributed by atoms with E-state index in [0.717, 1.165) is 18.9 Å². The van der Waals surface area contributed by atoms with Gasteiger partial charge in [0.15, 0.2) is 11.5 Å². The molecule has 0 unspecified atom stereocenters. The van der Waals surface area contributed by atoms with Gasteiger partial charge in [-0.1, -0.05) is 30.3 Å². The molecule has 0 saturated heterocycles. The highest BCUT2D eigenvalue weighted by Gasteiger charge is 2.44. The van der Waals surface area contributed by atoms with Crippen LogP contribution in [-0.4, -0.2) is 42.9 Å². The summed E-state index contributed by atoms with van der Waals surface area (Å²) in [6.45, 7) is 3.40. The number of hydrogen-bond donors (Lipinski definition) is 2. The molecule has 1 aromatic carbocycles. The van der Waals surface area contributed by atoms with Crippen molar-refractivity contribution < 1.29 is 18.1 Å². The fourth-order valence-electron chi connectivity index (χ4n) is 4.12. The molecule has 3 heterocycles. The lowest BCUT2D eigenvalue weighted by molar-refractivity contribution is 0.0495. The maximum Gasteiger partial charge on any atom is 0.325 e. The van der Waals surface area contributed by atoms with Crippen LogP contribution in [0.25, 0.3) is 22.3 Å². The maximum atomic E-state index is 15.2. The Morgan fingerprint density at radius 2 is 2.06 bits per heavy atom. The molecule has 1 aliphatic rings. The van der Waals surface area contributed by atoms with Crippen molar-refractivity contribution in [1.29, 1.82) is 0 Å². The molecule has 186 valence electrons. The zero-order chi connectivity index (χ0) is 25.7. The first-order valence-electron chi connectivity index (χ1n) is 11.4. The summed E-state index contributed by atoms with van der Waals surface area (Å²) < 4.78 is 35.6. The minimum absolute atomic E-state index is 0.108. The number of allylic oxidation sites excluding steroid dienone is 2. The van der Waals surface area contributed by atoms with Gasteiger partial charge in [-0.25, -0.2) is 9.78 Å². The number of carbonyl (C=O) groups excluding carboxylic acids is 1. The zero-order valence-corrected chi connectivity index (χ0v) is 19.9. The number of benzene rings is 1. The molecular weight excluding hydrogens is 470 g/mol. The van der Waals surface area contributed by atoms with Crippen molar-refractivity contribution in [2.45, 2.75) is 44.6 Å². The van der Waals surface area contributed by atoms with E-state index < -0.39 is 17.5 Å². The molecule has 5 rings (SSSR count). The number of amides is 1. The highest BCUT2D eigenvalue weighted by atomic mass is 19.3. The number of hydrogen-bond acceptors (Lipinski definition) is 6. The van der Waals surface area contributed by atoms with Gasteiger partial charge in [0, 0.05) is 36.3 Å². The predicted octanol–water partition coefficient (Wildman–Crippen LogP) is 4.29. The van der Waals surface area contributed by atoms with Crippen molar-refractivity contribution >= 4 is 17.1 Å². The summed E-state index contributed by atoms with van der Waals surface area (Å²) in [6, 6.07) is 6.23. The Balaban J connectivity index is 1.50. The van der Waals surface area contributed by atoms with Crippen LogP contribution in [0.1, 0.15) is 54.3 Å². The lowest BCUT2D eigenvalue weighted by Gasteiger charge is -2.22. The van der Waals surface area contributed by atoms with Crippen LogP contribution in [0.3, 0.4) is 0 Å². The van der Waals surface area contributed by atoms with Gasteiger partial charge in [0.2, 0.25) is 0 Å². The number of pyridine rings is 1. The highest BCUT2D eigenvalue weighted by molar-refractivity contribution is 5.90. The van der Waals surface area contributed by atoms with Crippen molar-refractivity contribution in [2.24, 2.45) is 0 Å². The summed E-state index contributed by atoms with van der Waals surface area (Å²) in [6.07, 6.45) is 5.42. The van der Waals surface area contributed by atoms with E-state index in [1.54, 1.807) is 18.2 Å². The second-order valence-electron chi connectivity index (χ2n) is 9.30. The van der Waals surface area contributed by atoms with E-state index in [-0.39, 0.29) is 29.0 Å². The summed E-state index contributed by atoms with van der Waals surface area (Å²) in [4.78, 5) is 39.5. The van der Waals surface area contributed by atoms with E-state index >= 15 is 8.78 Å². The van der Waals surface area contributed by atoms with Crippen LogP contribution in [0, 0.1) is 0 Å². The van der Waals surface area contributed by atoms with Crippen LogP contribution in [0.4, 0.5) is 8.78 Å². The molecule has 0 aliphatic heterocycles. The number of fused-ring (bicyclic) bond motifs is 1. The van der Waals surface area contributed by atoms with Crippen LogP contribution in [0.15, 0.2) is 51.9 Å². The smallest absolute Gasteiger partial charge is 0.325 e. The van der Waals surface area contributed by atoms with Gasteiger partial charge < -0.3 is 14.4 Å². The van der Waals surface area contributed by atoms with E-state index in [9.17, 15) is 9.59 Å². The Labute approximate surface area is 204 Å². The van der Waals surface area contributed by atoms with E-state index in [0.29, 0.717) is 28.1 Å². The number of aromatic amines is 2. The number of imidazole rings is 1. The van der Waals surface area contributed by atoms with Gasteiger partial charge in [0.1, 0.15) is 0 Å². The zero-order valence-electron chi connectivity index (χ0n) is 19.9. The number of rotatable bonds is 7. The molecule has 1 fully saturated rings. The Hall–Kier alpha value is -4.15. The van der Waals surface area contributed by atoms with Crippen molar-refractivity contribution in [2.75, 3.05) is 7.05 Å². The highest BCUT2D eigenvalue weighted by Crippen LogP contribution is 2.46. The second-order valence-corrected chi connectivity index (χ2v) is 9.30. The number of nitrogens with zero attached hydrogens (tertiary/aromatic N) is 4. The first-order valence-corrected chi connectivity index (χ1v) is 11.4. The molecule has 2 N–H and O–H groups in total. The number of aromatic nitrogens is 5. The second kappa shape index (κ2) is 8.51. The fraction of sp³-hybridized carbons (Fsp3) is 0.320. The molecule has 0 bridgehead atoms. The average Bonchev–Trinajstić information content (AvgIpc) is 3.23. The van der Waals surface area contributed by atoms with Gasteiger partial charge >= 0.3 is 17.5 Å². The Morgan fingerprint density at radius 1 is 1.28 bits per heavy atom. The predicted molar refractivity (Wildman–Crippen MR) is 128 cm³/mol. The van der Waals surface area contributed by atoms with E-state index in [1.165, 1.54) is 37.2 Å². The summed E-state index contributed by atoms with van der Waals surface area (Å²) in [5.41, 5.74) is 1.12. The van der Waals surface area contributed by atoms with Crippen molar-refractivity contribution in [3.8, 4) is 11.1 Å². The number of nitrogens with one attached hydrogen (secondary N) is 2. The topological polar surface area (TPSA) is 121 Å². The average molecular weight is 495 g/mol. The van der Waals surface area contributed by atoms with Gasteiger partial charge in [0.25, 0.3) is 5.92 Å². The third kappa shape index (κ3) is 4.21. The van der Waals surface area contributed by atoms with Crippen LogP contribution < -0.4 is 5.69 Å². The third-order valence-corrected chi connectivity index (χ3v) is 6.48. The summed E-state index contributed by atoms with van der Waals surface area (Å²) >= 11 is 0. The Bertz CT molecular complexity index is 1550. The van der Waals surface area contributed by atoms with Gasteiger partial charge in [-0.05, 0) is 49.1 Å². The van der Waals surface area contributed by atoms with Crippen LogP contribution in [0.2, 0.25) is 0 Å². The number of halogens is 2. The minimum atomic E-state index is -3.31. The van der Waals surface area contributed by atoms with Crippen molar-refractivity contribution in [1.82, 2.24) is 30.0 Å². The largest absolute Gasteiger partial charge is 0.333 e. The molecule has 0 atom stereocenters. The fourth-order valence-corrected chi connectivity index (χ4v) is 4.12. The third-order valence-electron chi connectivity index (χ3n) is 6.48. The van der Waals surface area contributed by atoms with Crippen LogP contribution in [-0.2, 0) is 17.9 Å². The van der Waals surface area contributed by atoms with E-state index in [2.05, 4.69) is 25.1 Å². The first-order chi connectivity index (χ1) is 17.1. The molecule has 1 saturated carbocycles. The Kier molecular flexibility index (Phi) is 5.57. The Morgan fingerprint density at radius 3 is 2.78 bits per heavy atom. The quantitative estimate of drug-likeness (QED) is 0.370. The monoisotopic (exact) mass is 494 g/mol. The maximum absolute atomic E-state index is 15.2. The molecule has 4 aromatic rings. The normalized spacial score (nSPS) is 15.0. The van der Waals surface area contributed by atoms with Crippen molar-refractivity contribution in [3.05, 3.63) is 75.9 Å². The minimum Gasteiger partial charge on any atom is -0.333 e. The molecule has 11 heteroatoms. The molecule has 9 nitrogen and oxygen atoms in total. The SMILES string of the molecule is C/C=C/C(F)(F)c1cc(-c2ccnc3[nH]c(=O)[nH]c23)ccc1CN(C)C(=O)c1nc(C2(C)CC2)no1. The molecule has 0 radical (unpaired) electrons. The van der Waals surface area contributed by atoms with Gasteiger partial charge in [-0.15, -0.1) is 0 Å². The van der Waals surface area contributed by atoms with Crippen LogP contribution >= 0.6 is 0 Å². The summed E-state index contributed by atoms with van der Waals surface area (Å²) in [5.74, 6) is -3.55. The number of alkyl halides is 2. The first kappa shape index (κ1) is 23.6. The van der Waals surface area contributed by atoms with Crippen LogP contribution in [0.5, 0.6) is 0 Å². The molecular formula is C25H24F2N6O3. The lowest BCUT2D eigenvalue weighted by Crippen LogP contribution is -2.28. The molecule has 3 aromatic heterocycles. The number of H-pyrrole nitrogens is 2. The molecule has 1 amide bonds. The van der Waals surface area contributed by atoms with Crippen molar-refractivity contribution in [3.63, 3.8) is 0 Å².